The van der Waals surface area contributed by atoms with Crippen LogP contribution in [0.2, 0.25) is 0 Å². The number of esters is 1. The lowest BCUT2D eigenvalue weighted by atomic mass is 9.97. The maximum absolute atomic E-state index is 11.7. The molecule has 6 nitrogen and oxygen atoms in total. The van der Waals surface area contributed by atoms with Crippen molar-refractivity contribution >= 4 is 17.8 Å². The van der Waals surface area contributed by atoms with Gasteiger partial charge in [0.25, 0.3) is 0 Å². The Labute approximate surface area is 100 Å². The quantitative estimate of drug-likeness (QED) is 0.525. The van der Waals surface area contributed by atoms with Crippen LogP contribution in [0.15, 0.2) is 0 Å². The standard InChI is InChI=1S/C11H18N2O4/c1-3-17-11(16)10(15)13-6-4-5-8(7-13)9(14)12-2/h8H,3-7H2,1-2H3,(H,12,14). The van der Waals surface area contributed by atoms with Gasteiger partial charge < -0.3 is 15.0 Å². The zero-order valence-electron chi connectivity index (χ0n) is 10.2. The second-order valence-electron chi connectivity index (χ2n) is 3.93. The second-order valence-corrected chi connectivity index (χ2v) is 3.93. The molecule has 6 heteroatoms. The Morgan fingerprint density at radius 3 is 2.71 bits per heavy atom. The fourth-order valence-electron chi connectivity index (χ4n) is 1.90. The molecule has 0 aromatic carbocycles. The van der Waals surface area contributed by atoms with Crippen molar-refractivity contribution in [2.24, 2.45) is 5.92 Å². The fourth-order valence-corrected chi connectivity index (χ4v) is 1.90. The first-order chi connectivity index (χ1) is 8.10. The predicted molar refractivity (Wildman–Crippen MR) is 60.0 cm³/mol. The summed E-state index contributed by atoms with van der Waals surface area (Å²) >= 11 is 0. The summed E-state index contributed by atoms with van der Waals surface area (Å²) in [5.74, 6) is -1.82. The highest BCUT2D eigenvalue weighted by Crippen LogP contribution is 2.16. The summed E-state index contributed by atoms with van der Waals surface area (Å²) in [6.45, 7) is 2.62. The topological polar surface area (TPSA) is 75.7 Å². The molecule has 0 aliphatic carbocycles. The number of likely N-dealkylation sites (tertiary alicyclic amines) is 1. The summed E-state index contributed by atoms with van der Waals surface area (Å²) in [5.41, 5.74) is 0. The van der Waals surface area contributed by atoms with Gasteiger partial charge in [-0.15, -0.1) is 0 Å². The predicted octanol–water partition coefficient (Wildman–Crippen LogP) is -0.466. The average Bonchev–Trinajstić information content (AvgIpc) is 2.37. The number of amides is 2. The van der Waals surface area contributed by atoms with Crippen LogP contribution in [0.1, 0.15) is 19.8 Å². The zero-order valence-corrected chi connectivity index (χ0v) is 10.2. The van der Waals surface area contributed by atoms with Gasteiger partial charge in [-0.3, -0.25) is 9.59 Å². The number of carbonyl (C=O) groups excluding carboxylic acids is 3. The van der Waals surface area contributed by atoms with Crippen LogP contribution in [-0.2, 0) is 19.1 Å². The molecule has 1 N–H and O–H groups in total. The van der Waals surface area contributed by atoms with Crippen LogP contribution in [0, 0.1) is 5.92 Å². The molecule has 0 aromatic heterocycles. The molecule has 1 unspecified atom stereocenters. The van der Waals surface area contributed by atoms with Gasteiger partial charge in [-0.1, -0.05) is 0 Å². The number of carbonyl (C=O) groups is 3. The third-order valence-electron chi connectivity index (χ3n) is 2.78. The summed E-state index contributed by atoms with van der Waals surface area (Å²) in [7, 11) is 1.56. The zero-order chi connectivity index (χ0) is 12.8. The first kappa shape index (κ1) is 13.5. The van der Waals surface area contributed by atoms with E-state index in [0.29, 0.717) is 6.54 Å². The summed E-state index contributed by atoms with van der Waals surface area (Å²) in [5, 5.41) is 2.56. The molecule has 1 saturated heterocycles. The molecule has 1 atom stereocenters. The third kappa shape index (κ3) is 3.44. The Hall–Kier alpha value is -1.59. The summed E-state index contributed by atoms with van der Waals surface area (Å²) in [6.07, 6.45) is 1.47. The minimum atomic E-state index is -0.843. The highest BCUT2D eigenvalue weighted by atomic mass is 16.5. The molecule has 1 heterocycles. The van der Waals surface area contributed by atoms with Gasteiger partial charge in [-0.2, -0.15) is 0 Å². The Morgan fingerprint density at radius 1 is 1.41 bits per heavy atom. The van der Waals surface area contributed by atoms with Crippen molar-refractivity contribution in [3.05, 3.63) is 0 Å². The van der Waals surface area contributed by atoms with E-state index in [-0.39, 0.29) is 25.0 Å². The first-order valence-corrected chi connectivity index (χ1v) is 5.77. The molecule has 0 aromatic rings. The summed E-state index contributed by atoms with van der Waals surface area (Å²) in [6, 6.07) is 0. The van der Waals surface area contributed by atoms with E-state index in [2.05, 4.69) is 10.1 Å². The highest BCUT2D eigenvalue weighted by molar-refractivity contribution is 6.32. The minimum Gasteiger partial charge on any atom is -0.459 e. The molecule has 1 aliphatic heterocycles. The van der Waals surface area contributed by atoms with E-state index in [1.54, 1.807) is 14.0 Å². The number of nitrogens with zero attached hydrogens (tertiary/aromatic N) is 1. The number of piperidine rings is 1. The van der Waals surface area contributed by atoms with Crippen LogP contribution < -0.4 is 5.32 Å². The van der Waals surface area contributed by atoms with Crippen molar-refractivity contribution < 1.29 is 19.1 Å². The van der Waals surface area contributed by atoms with E-state index in [1.807, 2.05) is 0 Å². The fraction of sp³-hybridized carbons (Fsp3) is 0.727. The molecular weight excluding hydrogens is 224 g/mol. The molecule has 1 rings (SSSR count). The molecule has 1 fully saturated rings. The van der Waals surface area contributed by atoms with E-state index >= 15 is 0 Å². The van der Waals surface area contributed by atoms with Gasteiger partial charge in [0.2, 0.25) is 5.91 Å². The molecular formula is C11H18N2O4. The lowest BCUT2D eigenvalue weighted by molar-refractivity contribution is -0.161. The van der Waals surface area contributed by atoms with E-state index in [4.69, 9.17) is 0 Å². The SMILES string of the molecule is CCOC(=O)C(=O)N1CCCC(C(=O)NC)C1. The van der Waals surface area contributed by atoms with E-state index < -0.39 is 11.9 Å². The van der Waals surface area contributed by atoms with Gasteiger partial charge in [-0.25, -0.2) is 4.79 Å². The number of ether oxygens (including phenoxy) is 1. The van der Waals surface area contributed by atoms with Crippen LogP contribution in [0.5, 0.6) is 0 Å². The van der Waals surface area contributed by atoms with Gasteiger partial charge in [0.05, 0.1) is 12.5 Å². The van der Waals surface area contributed by atoms with Gasteiger partial charge >= 0.3 is 11.9 Å². The molecule has 17 heavy (non-hydrogen) atoms. The maximum atomic E-state index is 11.7. The average molecular weight is 242 g/mol. The maximum Gasteiger partial charge on any atom is 0.397 e. The van der Waals surface area contributed by atoms with Gasteiger partial charge in [0.15, 0.2) is 0 Å². The van der Waals surface area contributed by atoms with Crippen molar-refractivity contribution in [3.63, 3.8) is 0 Å². The smallest absolute Gasteiger partial charge is 0.397 e. The molecule has 96 valence electrons. The normalized spacial score (nSPS) is 19.6. The second kappa shape index (κ2) is 6.22. The number of nitrogens with one attached hydrogen (secondary N) is 1. The van der Waals surface area contributed by atoms with E-state index in [0.717, 1.165) is 12.8 Å². The van der Waals surface area contributed by atoms with E-state index in [9.17, 15) is 14.4 Å². The number of hydrogen-bond donors (Lipinski definition) is 1. The summed E-state index contributed by atoms with van der Waals surface area (Å²) in [4.78, 5) is 35.8. The molecule has 0 radical (unpaired) electrons. The molecule has 0 saturated carbocycles. The van der Waals surface area contributed by atoms with Gasteiger partial charge in [-0.05, 0) is 19.8 Å². The lowest BCUT2D eigenvalue weighted by Crippen LogP contribution is -2.47. The molecule has 1 aliphatic rings. The number of rotatable bonds is 2. The van der Waals surface area contributed by atoms with Crippen molar-refractivity contribution in [2.75, 3.05) is 26.7 Å². The monoisotopic (exact) mass is 242 g/mol. The summed E-state index contributed by atoms with van der Waals surface area (Å²) < 4.78 is 4.65. The van der Waals surface area contributed by atoms with Crippen molar-refractivity contribution in [1.82, 2.24) is 10.2 Å². The van der Waals surface area contributed by atoms with Gasteiger partial charge in [0.1, 0.15) is 0 Å². The van der Waals surface area contributed by atoms with Crippen molar-refractivity contribution in [3.8, 4) is 0 Å². The van der Waals surface area contributed by atoms with E-state index in [1.165, 1.54) is 4.90 Å². The van der Waals surface area contributed by atoms with Crippen molar-refractivity contribution in [1.29, 1.82) is 0 Å². The van der Waals surface area contributed by atoms with Crippen LogP contribution in [0.25, 0.3) is 0 Å². The van der Waals surface area contributed by atoms with Gasteiger partial charge in [0, 0.05) is 20.1 Å². The van der Waals surface area contributed by atoms with Crippen LogP contribution in [-0.4, -0.2) is 49.4 Å². The third-order valence-corrected chi connectivity index (χ3v) is 2.78. The van der Waals surface area contributed by atoms with Crippen LogP contribution >= 0.6 is 0 Å². The van der Waals surface area contributed by atoms with Crippen LogP contribution in [0.4, 0.5) is 0 Å². The highest BCUT2D eigenvalue weighted by Gasteiger charge is 2.31. The lowest BCUT2D eigenvalue weighted by Gasteiger charge is -2.30. The van der Waals surface area contributed by atoms with Crippen LogP contribution in [0.3, 0.4) is 0 Å². The molecule has 0 spiro atoms. The van der Waals surface area contributed by atoms with Crippen molar-refractivity contribution in [2.45, 2.75) is 19.8 Å². The Kier molecular flexibility index (Phi) is 4.93. The first-order valence-electron chi connectivity index (χ1n) is 5.77. The Balaban J connectivity index is 2.57. The largest absolute Gasteiger partial charge is 0.459 e. The Bertz CT molecular complexity index is 317. The number of hydrogen-bond acceptors (Lipinski definition) is 4. The minimum absolute atomic E-state index is 0.0913. The Morgan fingerprint density at radius 2 is 2.12 bits per heavy atom. The molecule has 0 bridgehead atoms. The molecule has 2 amide bonds.